The molecule has 2 rings (SSSR count). The van der Waals surface area contributed by atoms with Crippen LogP contribution in [0.25, 0.3) is 0 Å². The molecule has 0 saturated heterocycles. The van der Waals surface area contributed by atoms with Gasteiger partial charge in [0.15, 0.2) is 0 Å². The minimum absolute atomic E-state index is 0.730. The van der Waals surface area contributed by atoms with Crippen LogP contribution < -0.4 is 0 Å². The van der Waals surface area contributed by atoms with Crippen LogP contribution in [0.15, 0.2) is 16.8 Å². The second-order valence-corrected chi connectivity index (χ2v) is 5.85. The molecule has 0 spiro atoms. The summed E-state index contributed by atoms with van der Waals surface area (Å²) in [5.41, 5.74) is 1.34. The highest BCUT2D eigenvalue weighted by Crippen LogP contribution is 2.32. The summed E-state index contributed by atoms with van der Waals surface area (Å²) >= 11 is 0. The first kappa shape index (κ1) is 11.9. The largest absolute Gasteiger partial charge is 0.266 e. The van der Waals surface area contributed by atoms with Crippen LogP contribution in [0.4, 0.5) is 0 Å². The second-order valence-electron chi connectivity index (χ2n) is 5.85. The Kier molecular flexibility index (Phi) is 4.20. The van der Waals surface area contributed by atoms with Gasteiger partial charge in [0.1, 0.15) is 0 Å². The number of hydrogen-bond acceptors (Lipinski definition) is 1. The Morgan fingerprint density at radius 2 is 1.81 bits per heavy atom. The molecule has 2 unspecified atom stereocenters. The average molecular weight is 219 g/mol. The normalized spacial score (nSPS) is 30.6. The molecular formula is C15H25N. The van der Waals surface area contributed by atoms with E-state index < -0.39 is 0 Å². The highest BCUT2D eigenvalue weighted by Gasteiger charge is 2.22. The summed E-state index contributed by atoms with van der Waals surface area (Å²) in [5.74, 6) is 2.27. The zero-order chi connectivity index (χ0) is 11.4. The van der Waals surface area contributed by atoms with Crippen molar-refractivity contribution < 1.29 is 0 Å². The third-order valence-corrected chi connectivity index (χ3v) is 3.83. The molecule has 0 aromatic heterocycles. The fourth-order valence-corrected chi connectivity index (χ4v) is 2.95. The molecule has 0 aromatic carbocycles. The van der Waals surface area contributed by atoms with Crippen molar-refractivity contribution in [2.45, 2.75) is 58.8 Å². The molecule has 16 heavy (non-hydrogen) atoms. The summed E-state index contributed by atoms with van der Waals surface area (Å²) in [6, 6.07) is 0. The molecule has 2 atom stereocenters. The van der Waals surface area contributed by atoms with Crippen molar-refractivity contribution in [1.29, 1.82) is 0 Å². The van der Waals surface area contributed by atoms with Gasteiger partial charge in [-0.05, 0) is 31.1 Å². The smallest absolute Gasteiger partial charge is 0.0365 e. The Morgan fingerprint density at radius 3 is 2.50 bits per heavy atom. The van der Waals surface area contributed by atoms with Crippen molar-refractivity contribution >= 4 is 6.21 Å². The van der Waals surface area contributed by atoms with E-state index in [1.165, 1.54) is 44.2 Å². The molecule has 0 amide bonds. The molecule has 0 N–H and O–H groups in total. The quantitative estimate of drug-likeness (QED) is 0.644. The maximum absolute atomic E-state index is 4.66. The van der Waals surface area contributed by atoms with E-state index in [9.17, 15) is 0 Å². The Labute approximate surface area is 100 Å². The van der Waals surface area contributed by atoms with Crippen LogP contribution in [0.3, 0.4) is 0 Å². The van der Waals surface area contributed by atoms with Crippen molar-refractivity contribution in [1.82, 2.24) is 0 Å². The summed E-state index contributed by atoms with van der Waals surface area (Å²) in [5, 5.41) is 0. The fourth-order valence-electron chi connectivity index (χ4n) is 2.95. The Bertz CT molecular complexity index is 275. The van der Waals surface area contributed by atoms with Crippen LogP contribution in [0.5, 0.6) is 0 Å². The van der Waals surface area contributed by atoms with Crippen LogP contribution in [-0.4, -0.2) is 6.21 Å². The summed E-state index contributed by atoms with van der Waals surface area (Å²) < 4.78 is 0. The molecule has 90 valence electrons. The summed E-state index contributed by atoms with van der Waals surface area (Å²) in [6.07, 6.45) is 14.3. The molecule has 1 heterocycles. The maximum Gasteiger partial charge on any atom is 0.0365 e. The van der Waals surface area contributed by atoms with Gasteiger partial charge in [0.2, 0.25) is 0 Å². The van der Waals surface area contributed by atoms with Crippen molar-refractivity contribution in [3.8, 4) is 0 Å². The minimum Gasteiger partial charge on any atom is -0.266 e. The van der Waals surface area contributed by atoms with E-state index in [2.05, 4.69) is 31.1 Å². The van der Waals surface area contributed by atoms with Crippen molar-refractivity contribution in [3.05, 3.63) is 11.8 Å². The monoisotopic (exact) mass is 219 g/mol. The molecule has 1 heteroatoms. The van der Waals surface area contributed by atoms with Crippen LogP contribution in [0.2, 0.25) is 0 Å². The van der Waals surface area contributed by atoms with E-state index in [1.54, 1.807) is 0 Å². The van der Waals surface area contributed by atoms with Crippen molar-refractivity contribution in [3.63, 3.8) is 0 Å². The number of nitrogens with zero attached hydrogens (tertiary/aromatic N) is 1. The molecule has 2 aliphatic rings. The van der Waals surface area contributed by atoms with Gasteiger partial charge in [-0.15, -0.1) is 0 Å². The lowest BCUT2D eigenvalue weighted by Crippen LogP contribution is -2.20. The van der Waals surface area contributed by atoms with Crippen LogP contribution in [0.1, 0.15) is 58.8 Å². The minimum atomic E-state index is 0.730. The number of rotatable bonds is 2. The lowest BCUT2D eigenvalue weighted by molar-refractivity contribution is 0.376. The molecule has 1 aliphatic carbocycles. The highest BCUT2D eigenvalue weighted by atomic mass is 14.8. The average Bonchev–Trinajstić information content (AvgIpc) is 2.19. The third-order valence-electron chi connectivity index (χ3n) is 3.83. The first-order valence-corrected chi connectivity index (χ1v) is 7.00. The van der Waals surface area contributed by atoms with E-state index in [1.807, 2.05) is 0 Å². The first-order valence-electron chi connectivity index (χ1n) is 7.00. The van der Waals surface area contributed by atoms with E-state index in [0.29, 0.717) is 0 Å². The Morgan fingerprint density at radius 1 is 1.12 bits per heavy atom. The third kappa shape index (κ3) is 3.20. The lowest BCUT2D eigenvalue weighted by Gasteiger charge is -2.27. The van der Waals surface area contributed by atoms with Crippen LogP contribution >= 0.6 is 0 Å². The molecule has 0 radical (unpaired) electrons. The van der Waals surface area contributed by atoms with Gasteiger partial charge in [0.05, 0.1) is 0 Å². The van der Waals surface area contributed by atoms with Gasteiger partial charge in [-0.25, -0.2) is 0 Å². The lowest BCUT2D eigenvalue weighted by atomic mass is 9.80. The summed E-state index contributed by atoms with van der Waals surface area (Å²) in [7, 11) is 0. The summed E-state index contributed by atoms with van der Waals surface area (Å²) in [6.45, 7) is 4.56. The molecular weight excluding hydrogens is 194 g/mol. The second kappa shape index (κ2) is 5.65. The van der Waals surface area contributed by atoms with E-state index >= 15 is 0 Å². The SMILES string of the molecule is CC(C)CC1=CC2CCCCCCC2C=N1. The first-order chi connectivity index (χ1) is 7.75. The van der Waals surface area contributed by atoms with Gasteiger partial charge >= 0.3 is 0 Å². The topological polar surface area (TPSA) is 12.4 Å². The standard InChI is InChI=1S/C15H25N/c1-12(2)9-15-10-13-7-5-3-4-6-8-14(13)11-16-15/h10-14H,3-9H2,1-2H3. The summed E-state index contributed by atoms with van der Waals surface area (Å²) in [4.78, 5) is 4.66. The van der Waals surface area contributed by atoms with Gasteiger partial charge in [-0.1, -0.05) is 45.6 Å². The molecule has 1 saturated carbocycles. The molecule has 1 fully saturated rings. The zero-order valence-corrected chi connectivity index (χ0v) is 10.8. The Balaban J connectivity index is 2.00. The molecule has 1 nitrogen and oxygen atoms in total. The van der Waals surface area contributed by atoms with Crippen LogP contribution in [-0.2, 0) is 0 Å². The maximum atomic E-state index is 4.66. The van der Waals surface area contributed by atoms with E-state index in [-0.39, 0.29) is 0 Å². The van der Waals surface area contributed by atoms with Gasteiger partial charge in [0.25, 0.3) is 0 Å². The van der Waals surface area contributed by atoms with Gasteiger partial charge in [-0.3, -0.25) is 4.99 Å². The highest BCUT2D eigenvalue weighted by molar-refractivity contribution is 5.64. The number of aliphatic imine (C=N–C) groups is 1. The van der Waals surface area contributed by atoms with Gasteiger partial charge in [0, 0.05) is 17.8 Å². The van der Waals surface area contributed by atoms with Crippen LogP contribution in [0, 0.1) is 17.8 Å². The molecule has 0 aromatic rings. The zero-order valence-electron chi connectivity index (χ0n) is 10.8. The molecule has 1 aliphatic heterocycles. The van der Waals surface area contributed by atoms with Crippen molar-refractivity contribution in [2.75, 3.05) is 0 Å². The number of allylic oxidation sites excluding steroid dienone is 2. The molecule has 0 bridgehead atoms. The van der Waals surface area contributed by atoms with Gasteiger partial charge in [-0.2, -0.15) is 0 Å². The predicted octanol–water partition coefficient (Wildman–Crippen LogP) is 4.59. The van der Waals surface area contributed by atoms with E-state index in [4.69, 9.17) is 0 Å². The Hall–Kier alpha value is -0.590. The number of hydrogen-bond donors (Lipinski definition) is 0. The number of fused-ring (bicyclic) bond motifs is 1. The predicted molar refractivity (Wildman–Crippen MR) is 70.7 cm³/mol. The fraction of sp³-hybridized carbons (Fsp3) is 0.800. The van der Waals surface area contributed by atoms with E-state index in [0.717, 1.165) is 24.2 Å². The van der Waals surface area contributed by atoms with Crippen molar-refractivity contribution in [2.24, 2.45) is 22.7 Å². The van der Waals surface area contributed by atoms with Gasteiger partial charge < -0.3 is 0 Å².